The fourth-order valence-corrected chi connectivity index (χ4v) is 3.02. The molecule has 1 aromatic rings. The Labute approximate surface area is 119 Å². The molecular weight excluding hydrogens is 280 g/mol. The van der Waals surface area contributed by atoms with Crippen molar-refractivity contribution in [1.82, 2.24) is 4.72 Å². The summed E-state index contributed by atoms with van der Waals surface area (Å²) >= 11 is 0. The van der Waals surface area contributed by atoms with Gasteiger partial charge in [-0.05, 0) is 31.5 Å². The van der Waals surface area contributed by atoms with Crippen LogP contribution in [0.5, 0.6) is 11.5 Å². The molecule has 1 aromatic carbocycles. The maximum atomic E-state index is 12.1. The molecule has 0 saturated carbocycles. The van der Waals surface area contributed by atoms with Crippen molar-refractivity contribution in [2.75, 3.05) is 26.3 Å². The number of fused-ring (bicyclic) bond motifs is 1. The number of ether oxygens (including phenoxy) is 2. The van der Waals surface area contributed by atoms with Gasteiger partial charge >= 0.3 is 0 Å². The molecule has 0 saturated heterocycles. The fraction of sp³-hybridized carbons (Fsp3) is 0.538. The first-order valence-corrected chi connectivity index (χ1v) is 8.21. The van der Waals surface area contributed by atoms with E-state index in [1.807, 2.05) is 0 Å². The summed E-state index contributed by atoms with van der Waals surface area (Å²) in [5, 5.41) is 0. The van der Waals surface area contributed by atoms with Gasteiger partial charge in [0.1, 0.15) is 13.2 Å². The Morgan fingerprint density at radius 1 is 1.10 bits per heavy atom. The zero-order valence-electron chi connectivity index (χ0n) is 11.3. The van der Waals surface area contributed by atoms with Crippen LogP contribution in [0, 0.1) is 0 Å². The van der Waals surface area contributed by atoms with Gasteiger partial charge in [0, 0.05) is 12.6 Å². The Kier molecular flexibility index (Phi) is 5.22. The van der Waals surface area contributed by atoms with E-state index in [9.17, 15) is 8.42 Å². The first kappa shape index (κ1) is 15.1. The molecule has 1 aliphatic heterocycles. The molecule has 6 nitrogen and oxygen atoms in total. The average Bonchev–Trinajstić information content (AvgIpc) is 2.46. The van der Waals surface area contributed by atoms with E-state index in [0.717, 1.165) is 19.3 Å². The highest BCUT2D eigenvalue weighted by Crippen LogP contribution is 2.32. The minimum absolute atomic E-state index is 0.195. The lowest BCUT2D eigenvalue weighted by Crippen LogP contribution is -2.25. The second kappa shape index (κ2) is 6.92. The lowest BCUT2D eigenvalue weighted by Gasteiger charge is -2.18. The van der Waals surface area contributed by atoms with E-state index in [4.69, 9.17) is 15.2 Å². The second-order valence-corrected chi connectivity index (χ2v) is 6.32. The maximum absolute atomic E-state index is 12.1. The number of nitrogens with one attached hydrogen (secondary N) is 1. The minimum Gasteiger partial charge on any atom is -0.486 e. The lowest BCUT2D eigenvalue weighted by molar-refractivity contribution is 0.171. The van der Waals surface area contributed by atoms with Gasteiger partial charge < -0.3 is 15.2 Å². The molecule has 0 fully saturated rings. The van der Waals surface area contributed by atoms with E-state index in [1.54, 1.807) is 6.07 Å². The first-order valence-electron chi connectivity index (χ1n) is 6.73. The van der Waals surface area contributed by atoms with Crippen molar-refractivity contribution in [3.05, 3.63) is 18.2 Å². The van der Waals surface area contributed by atoms with Gasteiger partial charge in [-0.15, -0.1) is 0 Å². The number of hydrogen-bond donors (Lipinski definition) is 2. The summed E-state index contributed by atoms with van der Waals surface area (Å²) in [5.41, 5.74) is 5.39. The summed E-state index contributed by atoms with van der Waals surface area (Å²) in [7, 11) is -3.50. The van der Waals surface area contributed by atoms with Crippen LogP contribution in [-0.4, -0.2) is 34.7 Å². The van der Waals surface area contributed by atoms with Crippen LogP contribution >= 0.6 is 0 Å². The number of rotatable bonds is 7. The normalized spacial score (nSPS) is 14.2. The number of unbranched alkanes of at least 4 members (excludes halogenated alkanes) is 2. The third kappa shape index (κ3) is 3.84. The molecule has 0 radical (unpaired) electrons. The second-order valence-electron chi connectivity index (χ2n) is 4.55. The molecule has 0 spiro atoms. The number of hydrogen-bond acceptors (Lipinski definition) is 5. The molecule has 0 unspecified atom stereocenters. The SMILES string of the molecule is NCCCCCNS(=O)(=O)c1ccc2c(c1)OCCO2. The van der Waals surface area contributed by atoms with Gasteiger partial charge in [-0.1, -0.05) is 6.42 Å². The molecule has 7 heteroatoms. The molecule has 0 bridgehead atoms. The highest BCUT2D eigenvalue weighted by molar-refractivity contribution is 7.89. The van der Waals surface area contributed by atoms with Gasteiger partial charge in [0.05, 0.1) is 4.90 Å². The van der Waals surface area contributed by atoms with E-state index >= 15 is 0 Å². The summed E-state index contributed by atoms with van der Waals surface area (Å²) in [6.45, 7) is 1.97. The Morgan fingerprint density at radius 2 is 1.85 bits per heavy atom. The molecule has 0 atom stereocenters. The van der Waals surface area contributed by atoms with Gasteiger partial charge in [0.25, 0.3) is 0 Å². The van der Waals surface area contributed by atoms with Crippen molar-refractivity contribution in [3.8, 4) is 11.5 Å². The molecule has 2 rings (SSSR count). The monoisotopic (exact) mass is 300 g/mol. The Hall–Kier alpha value is -1.31. The predicted molar refractivity (Wildman–Crippen MR) is 75.5 cm³/mol. The zero-order valence-corrected chi connectivity index (χ0v) is 12.1. The molecule has 0 amide bonds. The topological polar surface area (TPSA) is 90.7 Å². The summed E-state index contributed by atoms with van der Waals surface area (Å²) < 4.78 is 37.6. The summed E-state index contributed by atoms with van der Waals surface area (Å²) in [5.74, 6) is 1.06. The predicted octanol–water partition coefficient (Wildman–Crippen LogP) is 0.865. The van der Waals surface area contributed by atoms with Crippen molar-refractivity contribution < 1.29 is 17.9 Å². The molecule has 3 N–H and O–H groups in total. The molecule has 20 heavy (non-hydrogen) atoms. The van der Waals surface area contributed by atoms with Crippen molar-refractivity contribution in [2.45, 2.75) is 24.2 Å². The van der Waals surface area contributed by atoms with Crippen LogP contribution in [0.3, 0.4) is 0 Å². The summed E-state index contributed by atoms with van der Waals surface area (Å²) in [6.07, 6.45) is 2.60. The van der Waals surface area contributed by atoms with Crippen LogP contribution in [0.15, 0.2) is 23.1 Å². The number of nitrogens with two attached hydrogens (primary N) is 1. The molecule has 0 aromatic heterocycles. The molecule has 1 heterocycles. The van der Waals surface area contributed by atoms with Crippen LogP contribution in [0.2, 0.25) is 0 Å². The van der Waals surface area contributed by atoms with Crippen molar-refractivity contribution >= 4 is 10.0 Å². The Morgan fingerprint density at radius 3 is 2.60 bits per heavy atom. The average molecular weight is 300 g/mol. The summed E-state index contributed by atoms with van der Waals surface area (Å²) in [4.78, 5) is 0.195. The van der Waals surface area contributed by atoms with E-state index in [0.29, 0.717) is 37.8 Å². The van der Waals surface area contributed by atoms with Crippen molar-refractivity contribution in [1.29, 1.82) is 0 Å². The lowest BCUT2D eigenvalue weighted by atomic mass is 10.2. The van der Waals surface area contributed by atoms with E-state index in [1.165, 1.54) is 12.1 Å². The Bertz CT molecular complexity index is 545. The number of sulfonamides is 1. The van der Waals surface area contributed by atoms with Gasteiger partial charge in [0.15, 0.2) is 11.5 Å². The van der Waals surface area contributed by atoms with Crippen molar-refractivity contribution in [3.63, 3.8) is 0 Å². The van der Waals surface area contributed by atoms with E-state index < -0.39 is 10.0 Å². The number of benzene rings is 1. The maximum Gasteiger partial charge on any atom is 0.240 e. The van der Waals surface area contributed by atoms with Gasteiger partial charge in [0.2, 0.25) is 10.0 Å². The molecule has 112 valence electrons. The van der Waals surface area contributed by atoms with Gasteiger partial charge in [-0.25, -0.2) is 13.1 Å². The molecule has 1 aliphatic rings. The van der Waals surface area contributed by atoms with Gasteiger partial charge in [-0.3, -0.25) is 0 Å². The smallest absolute Gasteiger partial charge is 0.240 e. The highest BCUT2D eigenvalue weighted by atomic mass is 32.2. The third-order valence-electron chi connectivity index (χ3n) is 3.00. The van der Waals surface area contributed by atoms with Crippen LogP contribution in [0.4, 0.5) is 0 Å². The first-order chi connectivity index (χ1) is 9.63. The van der Waals surface area contributed by atoms with Crippen molar-refractivity contribution in [2.24, 2.45) is 5.73 Å². The fourth-order valence-electron chi connectivity index (χ4n) is 1.93. The van der Waals surface area contributed by atoms with Gasteiger partial charge in [-0.2, -0.15) is 0 Å². The molecular formula is C13H20N2O4S. The zero-order chi connectivity index (χ0) is 14.4. The van der Waals surface area contributed by atoms with Crippen LogP contribution in [-0.2, 0) is 10.0 Å². The minimum atomic E-state index is -3.50. The largest absolute Gasteiger partial charge is 0.486 e. The van der Waals surface area contributed by atoms with Crippen LogP contribution in [0.1, 0.15) is 19.3 Å². The third-order valence-corrected chi connectivity index (χ3v) is 4.46. The summed E-state index contributed by atoms with van der Waals surface area (Å²) in [6, 6.07) is 4.64. The van der Waals surface area contributed by atoms with E-state index in [2.05, 4.69) is 4.72 Å². The van der Waals surface area contributed by atoms with Crippen LogP contribution < -0.4 is 19.9 Å². The quantitative estimate of drug-likeness (QED) is 0.729. The Balaban J connectivity index is 1.98. The highest BCUT2D eigenvalue weighted by Gasteiger charge is 2.18. The molecule has 0 aliphatic carbocycles. The van der Waals surface area contributed by atoms with Crippen LogP contribution in [0.25, 0.3) is 0 Å². The van der Waals surface area contributed by atoms with E-state index in [-0.39, 0.29) is 4.90 Å². The standard InChI is InChI=1S/C13H20N2O4S/c14-6-2-1-3-7-15-20(16,17)11-4-5-12-13(10-11)19-9-8-18-12/h4-5,10,15H,1-3,6-9,14H2.